The minimum Gasteiger partial charge on any atom is -0.466 e. The van der Waals surface area contributed by atoms with Crippen LogP contribution in [0.3, 0.4) is 0 Å². The first-order valence-electron chi connectivity index (χ1n) is 7.81. The van der Waals surface area contributed by atoms with Gasteiger partial charge < -0.3 is 9.72 Å². The van der Waals surface area contributed by atoms with Crippen molar-refractivity contribution in [1.82, 2.24) is 9.97 Å². The van der Waals surface area contributed by atoms with E-state index in [0.717, 1.165) is 5.69 Å². The topological polar surface area (TPSA) is 96.4 Å². The van der Waals surface area contributed by atoms with Gasteiger partial charge in [0.1, 0.15) is 5.71 Å². The van der Waals surface area contributed by atoms with Crippen molar-refractivity contribution in [3.63, 3.8) is 0 Å². The van der Waals surface area contributed by atoms with E-state index in [-0.39, 0.29) is 11.4 Å². The minimum atomic E-state index is -0.561. The van der Waals surface area contributed by atoms with Crippen molar-refractivity contribution in [3.05, 3.63) is 82.8 Å². The Balaban J connectivity index is 2.05. The lowest BCUT2D eigenvalue weighted by Crippen LogP contribution is -2.20. The lowest BCUT2D eigenvalue weighted by molar-refractivity contribution is -0.134. The molecule has 2 aromatic carbocycles. The second-order valence-electron chi connectivity index (χ2n) is 5.26. The molecule has 2 N–H and O–H groups in total. The third-order valence-corrected chi connectivity index (χ3v) is 3.50. The molecule has 0 saturated carbocycles. The first-order valence-corrected chi connectivity index (χ1v) is 7.81. The summed E-state index contributed by atoms with van der Waals surface area (Å²) in [7, 11) is 1.27. The molecule has 130 valence electrons. The van der Waals surface area contributed by atoms with Gasteiger partial charge in [0.05, 0.1) is 23.8 Å². The number of nitrogens with one attached hydrogen (secondary N) is 2. The molecule has 0 amide bonds. The number of hydrogen-bond acceptors (Lipinski definition) is 6. The van der Waals surface area contributed by atoms with Gasteiger partial charge in [-0.3, -0.25) is 10.2 Å². The first kappa shape index (κ1) is 17.1. The Morgan fingerprint density at radius 2 is 1.85 bits per heavy atom. The Hall–Kier alpha value is -3.74. The summed E-state index contributed by atoms with van der Waals surface area (Å²) in [5, 5.41) is 4.23. The van der Waals surface area contributed by atoms with Gasteiger partial charge in [-0.1, -0.05) is 30.3 Å². The fourth-order valence-corrected chi connectivity index (χ4v) is 2.22. The number of aromatic nitrogens is 2. The van der Waals surface area contributed by atoms with Crippen LogP contribution in [0, 0.1) is 0 Å². The number of rotatable bonds is 5. The monoisotopic (exact) mass is 348 g/mol. The zero-order valence-electron chi connectivity index (χ0n) is 14.0. The molecular formula is C19H16N4O3. The number of fused-ring (bicyclic) bond motifs is 1. The zero-order chi connectivity index (χ0) is 18.4. The highest BCUT2D eigenvalue weighted by molar-refractivity contribution is 6.10. The van der Waals surface area contributed by atoms with Crippen LogP contribution in [0.2, 0.25) is 0 Å². The molecule has 0 bridgehead atoms. The summed E-state index contributed by atoms with van der Waals surface area (Å²) in [5.41, 5.74) is 4.69. The molecule has 1 aromatic heterocycles. The van der Waals surface area contributed by atoms with Crippen molar-refractivity contribution in [2.24, 2.45) is 5.10 Å². The average Bonchev–Trinajstić information content (AvgIpc) is 2.68. The second kappa shape index (κ2) is 7.89. The largest absolute Gasteiger partial charge is 0.466 e. The molecule has 0 fully saturated rings. The maximum atomic E-state index is 12.4. The van der Waals surface area contributed by atoms with Gasteiger partial charge in [-0.2, -0.15) is 5.10 Å². The lowest BCUT2D eigenvalue weighted by Gasteiger charge is -2.05. The van der Waals surface area contributed by atoms with Crippen molar-refractivity contribution in [1.29, 1.82) is 0 Å². The van der Waals surface area contributed by atoms with Crippen LogP contribution in [0.15, 0.2) is 76.6 Å². The van der Waals surface area contributed by atoms with Gasteiger partial charge in [-0.15, -0.1) is 0 Å². The highest BCUT2D eigenvalue weighted by Crippen LogP contribution is 2.09. The molecule has 0 unspecified atom stereocenters. The van der Waals surface area contributed by atoms with Crippen LogP contribution in [0.1, 0.15) is 5.69 Å². The molecule has 7 nitrogen and oxygen atoms in total. The van der Waals surface area contributed by atoms with Crippen molar-refractivity contribution in [2.75, 3.05) is 12.5 Å². The Bertz CT molecular complexity index is 1040. The standard InChI is InChI=1S/C19H16N4O3/c1-26-17(24)12-11-16(23-22-13-7-3-2-4-8-13)18-19(25)21-15-10-6-5-9-14(15)20-18/h2-12,22H,1H3,(H,21,25)/b12-11?,23-16+. The van der Waals surface area contributed by atoms with E-state index in [9.17, 15) is 9.59 Å². The molecule has 0 spiro atoms. The summed E-state index contributed by atoms with van der Waals surface area (Å²) in [6.07, 6.45) is 2.57. The predicted octanol–water partition coefficient (Wildman–Crippen LogP) is 2.47. The zero-order valence-corrected chi connectivity index (χ0v) is 14.0. The van der Waals surface area contributed by atoms with Crippen LogP contribution in [-0.4, -0.2) is 28.8 Å². The third kappa shape index (κ3) is 4.02. The Labute approximate surface area is 149 Å². The predicted molar refractivity (Wildman–Crippen MR) is 100 cm³/mol. The number of anilines is 1. The number of nitrogens with zero attached hydrogens (tertiary/aromatic N) is 2. The average molecular weight is 348 g/mol. The van der Waals surface area contributed by atoms with Crippen molar-refractivity contribution >= 4 is 28.4 Å². The van der Waals surface area contributed by atoms with E-state index in [0.29, 0.717) is 11.0 Å². The Morgan fingerprint density at radius 1 is 1.12 bits per heavy atom. The number of benzene rings is 2. The summed E-state index contributed by atoms with van der Waals surface area (Å²) in [4.78, 5) is 31.0. The number of H-pyrrole nitrogens is 1. The third-order valence-electron chi connectivity index (χ3n) is 3.50. The highest BCUT2D eigenvalue weighted by Gasteiger charge is 2.11. The lowest BCUT2D eigenvalue weighted by atomic mass is 10.2. The molecule has 0 aliphatic rings. The maximum absolute atomic E-state index is 12.4. The number of methoxy groups -OCH3 is 1. The van der Waals surface area contributed by atoms with Gasteiger partial charge in [0.15, 0.2) is 5.69 Å². The molecule has 3 rings (SSSR count). The summed E-state index contributed by atoms with van der Waals surface area (Å²) in [6.45, 7) is 0. The van der Waals surface area contributed by atoms with E-state index < -0.39 is 11.5 Å². The van der Waals surface area contributed by atoms with Crippen LogP contribution >= 0.6 is 0 Å². The number of para-hydroxylation sites is 3. The Morgan fingerprint density at radius 3 is 2.62 bits per heavy atom. The number of hydrogen-bond donors (Lipinski definition) is 2. The van der Waals surface area contributed by atoms with E-state index in [4.69, 9.17) is 0 Å². The van der Waals surface area contributed by atoms with Gasteiger partial charge >= 0.3 is 5.97 Å². The molecule has 1 heterocycles. The summed E-state index contributed by atoms with van der Waals surface area (Å²) >= 11 is 0. The maximum Gasteiger partial charge on any atom is 0.330 e. The fourth-order valence-electron chi connectivity index (χ4n) is 2.22. The molecule has 3 aromatic rings. The number of allylic oxidation sites excluding steroid dienone is 1. The van der Waals surface area contributed by atoms with E-state index in [2.05, 4.69) is 25.2 Å². The van der Waals surface area contributed by atoms with Gasteiger partial charge in [0.2, 0.25) is 0 Å². The van der Waals surface area contributed by atoms with Gasteiger partial charge in [-0.25, -0.2) is 9.78 Å². The minimum absolute atomic E-state index is 0.0901. The highest BCUT2D eigenvalue weighted by atomic mass is 16.5. The molecule has 0 saturated heterocycles. The van der Waals surface area contributed by atoms with E-state index in [1.54, 1.807) is 12.1 Å². The van der Waals surface area contributed by atoms with Crippen molar-refractivity contribution in [3.8, 4) is 0 Å². The molecule has 7 heteroatoms. The van der Waals surface area contributed by atoms with Crippen molar-refractivity contribution < 1.29 is 9.53 Å². The molecular weight excluding hydrogens is 332 g/mol. The summed E-state index contributed by atoms with van der Waals surface area (Å²) in [5.74, 6) is -0.561. The second-order valence-corrected chi connectivity index (χ2v) is 5.26. The Kier molecular flexibility index (Phi) is 5.19. The number of aromatic amines is 1. The van der Waals surface area contributed by atoms with Crippen LogP contribution < -0.4 is 11.0 Å². The summed E-state index contributed by atoms with van der Waals surface area (Å²) in [6, 6.07) is 16.4. The van der Waals surface area contributed by atoms with Crippen LogP contribution in [0.25, 0.3) is 11.0 Å². The molecule has 0 radical (unpaired) electrons. The molecule has 26 heavy (non-hydrogen) atoms. The van der Waals surface area contributed by atoms with E-state index in [1.165, 1.54) is 19.3 Å². The number of carbonyl (C=O) groups excluding carboxylic acids is 1. The van der Waals surface area contributed by atoms with Gasteiger partial charge in [0.25, 0.3) is 5.56 Å². The smallest absolute Gasteiger partial charge is 0.330 e. The van der Waals surface area contributed by atoms with E-state index in [1.807, 2.05) is 42.5 Å². The fraction of sp³-hybridized carbons (Fsp3) is 0.0526. The molecule has 0 aliphatic heterocycles. The molecule has 0 atom stereocenters. The summed E-state index contributed by atoms with van der Waals surface area (Å²) < 4.78 is 4.59. The van der Waals surface area contributed by atoms with Gasteiger partial charge in [-0.05, 0) is 30.3 Å². The quantitative estimate of drug-likeness (QED) is 0.320. The van der Waals surface area contributed by atoms with Crippen molar-refractivity contribution in [2.45, 2.75) is 0 Å². The van der Waals surface area contributed by atoms with Crippen LogP contribution in [-0.2, 0) is 9.53 Å². The van der Waals surface area contributed by atoms with Crippen LogP contribution in [0.5, 0.6) is 0 Å². The van der Waals surface area contributed by atoms with Gasteiger partial charge in [0, 0.05) is 6.08 Å². The number of esters is 1. The van der Waals surface area contributed by atoms with Crippen LogP contribution in [0.4, 0.5) is 5.69 Å². The first-order chi connectivity index (χ1) is 12.7. The SMILES string of the molecule is COC(=O)C=C/C(=N\Nc1ccccc1)c1nc2ccccc2[nH]c1=O. The number of hydrazone groups is 1. The molecule has 0 aliphatic carbocycles. The van der Waals surface area contributed by atoms with E-state index >= 15 is 0 Å². The normalized spacial score (nSPS) is 11.7. The number of carbonyl (C=O) groups is 1. The number of ether oxygens (including phenoxy) is 1.